The van der Waals surface area contributed by atoms with E-state index in [0.717, 1.165) is 93.9 Å². The summed E-state index contributed by atoms with van der Waals surface area (Å²) in [6.45, 7) is 31.5. The molecule has 6 aromatic rings. The Kier molecular flexibility index (Phi) is 54.5. The average Bonchev–Trinajstić information content (AvgIpc) is 1.15. The number of isocyanates is 1. The third-order valence-electron chi connectivity index (χ3n) is 21.8. The number of rotatable bonds is 15. The van der Waals surface area contributed by atoms with Gasteiger partial charge < -0.3 is 74.1 Å². The molecule has 48 heteroatoms. The fourth-order valence-electron chi connectivity index (χ4n) is 13.6. The molecule has 7 saturated heterocycles. The summed E-state index contributed by atoms with van der Waals surface area (Å²) in [5.74, 6) is 0.228. The van der Waals surface area contributed by atoms with Gasteiger partial charge in [0.15, 0.2) is 17.4 Å². The Morgan fingerprint density at radius 1 is 0.472 bits per heavy atom. The van der Waals surface area contributed by atoms with Crippen LogP contribution in [-0.2, 0) is 72.4 Å². The van der Waals surface area contributed by atoms with E-state index in [1.807, 2.05) is 116 Å². The van der Waals surface area contributed by atoms with Gasteiger partial charge in [-0.05, 0) is 161 Å². The molecule has 0 unspecified atom stereocenters. The number of amides is 8. The van der Waals surface area contributed by atoms with Crippen molar-refractivity contribution in [1.82, 2.24) is 29.9 Å². The van der Waals surface area contributed by atoms with Crippen LogP contribution in [0.25, 0.3) is 0 Å². The van der Waals surface area contributed by atoms with Gasteiger partial charge >= 0.3 is 70.8 Å². The van der Waals surface area contributed by atoms with Crippen LogP contribution in [0, 0.1) is 0 Å². The largest absolute Gasteiger partial charge is 0.534 e. The molecule has 9 heterocycles. The number of nitrogens with one attached hydrogen (secondary N) is 5. The number of ether oxygens (including phenoxy) is 5. The molecule has 7 fully saturated rings. The van der Waals surface area contributed by atoms with Gasteiger partial charge in [0.25, 0.3) is 0 Å². The molecule has 0 atom stereocenters. The number of Topliss-reactive ketones (excluding diaryl/α,β-unsaturated/α-hetero) is 2. The second-order valence-corrected chi connectivity index (χ2v) is 40.1. The van der Waals surface area contributed by atoms with Crippen molar-refractivity contribution in [3.8, 4) is 0 Å². The zero-order valence-electron chi connectivity index (χ0n) is 79.1. The van der Waals surface area contributed by atoms with Gasteiger partial charge in [0.2, 0.25) is 6.08 Å². The van der Waals surface area contributed by atoms with E-state index in [9.17, 15) is 98.3 Å². The SMILES string of the molecule is C.C.C1CC2(CCN1)OCCO2.C1CCOC1.CC(C)c1ccc(N=C=O)cc1.CC(C)c1ccc(NC(=O)N2CC=C(OS(=O)(=O)C(F)(F)F)CC2)cc1.CC(C)c1ccc(NC(=O)N2CCC(=O)CC2)cc1.CC(C)c1ccc(NC(=O)N2CCC(=O)CC2)cc1.CC(C)c1ccc(NC(=O)N2CCC3(CC2)OCCO3)cc1.ClCCl.NCl.O=S(=O)(N(c1ccc(Cl)cn1)S(=O)(=O)C(F)(F)F)C(F)(F)F. The number of likely N-dealkylation sites (tertiary alicyclic amines) is 3. The standard InChI is InChI=1S/C17H24N2O3.C16H19F3N2O4S.2C15H20N2O2.C10H11NO.C7H3ClF6N2O4S2.C7H13NO2.C4H8O.CH2Cl2.2CH4.ClH2N/c1-13(2)14-3-5-15(6-4-14)18-16(20)19-9-7-17(8-10-19)21-11-12-22-17;1-11(2)12-3-5-13(6-4-12)20-15(22)21-9-7-14(8-10-21)25-26(23,24)16(17,18)19;2*1-11(2)12-3-5-13(6-4-12)16-15(19)17-9-7-14(18)8-10-17;1-8(2)9-3-5-10(6-4-9)11-7-12;8-4-1-2-5(15-3-4)16(21(17,18)6(9,10)11)22(19,20)7(12,13)14;1-3-8-4-2-7(1)9-5-6-10-7;1-2-4-5-3-1;2-1-3;;;1-2/h3-6,13H,7-12H2,1-2H3,(H,18,20);3-7,11H,8-10H2,1-2H3,(H,20,22);2*3-6,11H,7-10H2,1-2H3,(H,16,19);3-6,8H,1-2H3;1-3H;8H,1-6H2;1-4H2;1H2;2*1H4;2H2. The lowest BCUT2D eigenvalue weighted by atomic mass is 10.0. The minimum Gasteiger partial charge on any atom is -0.381 e. The summed E-state index contributed by atoms with van der Waals surface area (Å²) in [4.78, 5) is 93.6. The second-order valence-electron chi connectivity index (χ2n) is 33.5. The van der Waals surface area contributed by atoms with E-state index in [0.29, 0.717) is 131 Å². The molecule has 7 N–H and O–H groups in total. The van der Waals surface area contributed by atoms with Crippen molar-refractivity contribution in [2.24, 2.45) is 10.2 Å². The van der Waals surface area contributed by atoms with Crippen molar-refractivity contribution in [3.63, 3.8) is 0 Å². The molecule has 5 aromatic carbocycles. The number of ketones is 2. The van der Waals surface area contributed by atoms with Crippen molar-refractivity contribution >= 4 is 153 Å². The molecule has 142 heavy (non-hydrogen) atoms. The molecule has 1 aromatic heterocycles. The second kappa shape index (κ2) is 61.1. The number of alkyl halides is 11. The first-order valence-electron chi connectivity index (χ1n) is 44.7. The molecule has 8 aliphatic rings. The quantitative estimate of drug-likeness (QED) is 0.0106. The van der Waals surface area contributed by atoms with Crippen LogP contribution in [0.1, 0.15) is 212 Å². The molecule has 0 bridgehead atoms. The number of carbonyl (C=O) groups is 6. The maximum atomic E-state index is 12.5. The van der Waals surface area contributed by atoms with Gasteiger partial charge in [-0.2, -0.15) is 69.8 Å². The van der Waals surface area contributed by atoms with E-state index < -0.39 is 68.0 Å². The van der Waals surface area contributed by atoms with Crippen LogP contribution >= 0.6 is 46.6 Å². The highest BCUT2D eigenvalue weighted by atomic mass is 35.5. The van der Waals surface area contributed by atoms with Crippen molar-refractivity contribution in [2.45, 2.75) is 212 Å². The fraction of sp³-hybridized carbons (Fsp3) is 0.532. The van der Waals surface area contributed by atoms with Crippen LogP contribution in [0.5, 0.6) is 0 Å². The molecule has 2 spiro atoms. The number of sulfonamides is 2. The van der Waals surface area contributed by atoms with Gasteiger partial charge in [0.1, 0.15) is 17.3 Å². The first-order chi connectivity index (χ1) is 65.9. The van der Waals surface area contributed by atoms with E-state index in [-0.39, 0.29) is 92.0 Å². The number of piperidine rings is 4. The van der Waals surface area contributed by atoms with Crippen molar-refractivity contribution < 1.29 is 126 Å². The highest BCUT2D eigenvalue weighted by molar-refractivity contribution is 8.11. The van der Waals surface area contributed by atoms with Gasteiger partial charge in [-0.1, -0.05) is 156 Å². The van der Waals surface area contributed by atoms with E-state index >= 15 is 0 Å². The number of nitrogens with zero attached hydrogens (tertiary/aromatic N) is 7. The Labute approximate surface area is 846 Å². The van der Waals surface area contributed by atoms with Crippen LogP contribution in [0.2, 0.25) is 5.02 Å². The maximum absolute atomic E-state index is 12.5. The number of carbonyl (C=O) groups excluding carboxylic acids is 7. The number of benzene rings is 5. The molecule has 8 amide bonds. The molecule has 794 valence electrons. The molecule has 8 aliphatic heterocycles. The zero-order chi connectivity index (χ0) is 104. The number of urea groups is 4. The maximum Gasteiger partial charge on any atom is 0.534 e. The third-order valence-corrected chi connectivity index (χ3v) is 26.6. The lowest BCUT2D eigenvalue weighted by molar-refractivity contribution is -0.181. The number of anilines is 5. The van der Waals surface area contributed by atoms with Crippen molar-refractivity contribution in [2.75, 3.05) is 135 Å². The topological polar surface area (TPSA) is 405 Å². The van der Waals surface area contributed by atoms with Crippen LogP contribution in [0.15, 0.2) is 156 Å². The van der Waals surface area contributed by atoms with E-state index in [4.69, 9.17) is 58.5 Å². The van der Waals surface area contributed by atoms with Crippen molar-refractivity contribution in [1.29, 1.82) is 0 Å². The third kappa shape index (κ3) is 41.9. The average molecular weight is 2160 g/mol. The van der Waals surface area contributed by atoms with E-state index in [1.54, 1.807) is 21.9 Å². The molecule has 0 aliphatic carbocycles. The number of hydrogen-bond donors (Lipinski definition) is 6. The van der Waals surface area contributed by atoms with Gasteiger partial charge in [-0.15, -0.1) is 26.9 Å². The van der Waals surface area contributed by atoms with Gasteiger partial charge in [-0.25, -0.2) is 34.2 Å². The minimum atomic E-state index is -6.93. The van der Waals surface area contributed by atoms with Gasteiger partial charge in [-0.3, -0.25) is 9.59 Å². The highest BCUT2D eigenvalue weighted by Gasteiger charge is 2.62. The predicted molar refractivity (Wildman–Crippen MR) is 532 cm³/mol. The van der Waals surface area contributed by atoms with E-state index in [2.05, 4.69) is 125 Å². The number of hydrogen-bond acceptors (Lipinski definition) is 23. The lowest BCUT2D eigenvalue weighted by Crippen LogP contribution is -2.49. The Morgan fingerprint density at radius 2 is 0.775 bits per heavy atom. The molecular formula is C94H130Cl4F9N13O19S3. The predicted octanol–water partition coefficient (Wildman–Crippen LogP) is 21.7. The smallest absolute Gasteiger partial charge is 0.381 e. The fourth-order valence-corrected chi connectivity index (χ4v) is 16.9. The Bertz CT molecular complexity index is 5130. The molecule has 14 rings (SSSR count). The number of halogens is 13. The molecule has 32 nitrogen and oxygen atoms in total. The summed E-state index contributed by atoms with van der Waals surface area (Å²) in [7, 11) is -19.5. The number of aromatic nitrogens is 1. The molecule has 0 saturated carbocycles. The Hall–Kier alpha value is -9.51. The Morgan fingerprint density at radius 3 is 1.04 bits per heavy atom. The van der Waals surface area contributed by atoms with E-state index in [1.165, 1.54) is 46.1 Å². The van der Waals surface area contributed by atoms with Crippen LogP contribution in [0.3, 0.4) is 0 Å². The lowest BCUT2D eigenvalue weighted by Gasteiger charge is -2.37. The Balaban J connectivity index is 0.000000423. The minimum absolute atomic E-state index is 0. The van der Waals surface area contributed by atoms with Crippen LogP contribution in [-0.4, -0.2) is 230 Å². The zero-order valence-corrected chi connectivity index (χ0v) is 84.6. The summed E-state index contributed by atoms with van der Waals surface area (Å²) in [6, 6.07) is 38.9. The van der Waals surface area contributed by atoms with Gasteiger partial charge in [0.05, 0.1) is 42.5 Å². The summed E-state index contributed by atoms with van der Waals surface area (Å²) in [6.07, 6.45) is 10.9. The van der Waals surface area contributed by atoms with Crippen LogP contribution in [0.4, 0.5) is 92.9 Å². The normalized spacial score (nSPS) is 16.4. The van der Waals surface area contributed by atoms with Gasteiger partial charge in [0, 0.05) is 165 Å². The highest BCUT2D eigenvalue weighted by Crippen LogP contribution is 2.40. The summed E-state index contributed by atoms with van der Waals surface area (Å²) in [5.41, 5.74) is -8.28. The number of aliphatic imine (C=N–C) groups is 1. The first kappa shape index (κ1) is 127. The summed E-state index contributed by atoms with van der Waals surface area (Å²) >= 11 is 19.0. The first-order valence-corrected chi connectivity index (χ1v) is 50.8. The summed E-state index contributed by atoms with van der Waals surface area (Å²) < 4.78 is 208. The molecular weight excluding hydrogens is 2020 g/mol. The number of pyridine rings is 1. The monoisotopic (exact) mass is 2150 g/mol. The van der Waals surface area contributed by atoms with Crippen molar-refractivity contribution in [3.05, 3.63) is 184 Å². The summed E-state index contributed by atoms with van der Waals surface area (Å²) in [5, 5.41) is 18.5. The van der Waals surface area contributed by atoms with Crippen LogP contribution < -0.4 is 35.5 Å². The molecule has 0 radical (unpaired) electrons. The number of nitrogens with two attached hydrogens (primary N) is 1.